The summed E-state index contributed by atoms with van der Waals surface area (Å²) in [5.74, 6) is 1.78. The number of aromatic nitrogens is 5. The fourth-order valence-corrected chi connectivity index (χ4v) is 8.73. The molecule has 7 aromatic carbocycles. The predicted octanol–water partition coefficient (Wildman–Crippen LogP) is 12.8. The molecule has 0 amide bonds. The second-order valence-electron chi connectivity index (χ2n) is 15.2. The van der Waals surface area contributed by atoms with Gasteiger partial charge in [-0.2, -0.15) is 0 Å². The zero-order valence-corrected chi connectivity index (χ0v) is 31.1. The number of pyridine rings is 1. The maximum atomic E-state index is 5.68. The third-order valence-corrected chi connectivity index (χ3v) is 11.6. The van der Waals surface area contributed by atoms with Gasteiger partial charge in [-0.1, -0.05) is 129 Å². The van der Waals surface area contributed by atoms with Crippen molar-refractivity contribution < 1.29 is 0 Å². The summed E-state index contributed by atoms with van der Waals surface area (Å²) in [6.07, 6.45) is 1.86. The number of nitrogens with one attached hydrogen (secondary N) is 1. The minimum absolute atomic E-state index is 0.305. The Morgan fingerprint density at radius 2 is 1.21 bits per heavy atom. The number of H-pyrrole nitrogens is 1. The number of rotatable bonds is 6. The fraction of sp³-hybridized carbons (Fsp3) is 0.0588. The molecule has 0 aliphatic rings. The SMILES string of the molecule is CC(C)(c1ccccc1)c1cc(-c2ccc3c4ccccc4n(-c4ccccn4)c3c2)c2nc(-c3cccc4c3[nH]c3ccccc34)n(-c3ccccc3)c2c1. The van der Waals surface area contributed by atoms with E-state index in [4.69, 9.17) is 9.97 Å². The molecule has 0 unspecified atom stereocenters. The number of nitrogens with zero attached hydrogens (tertiary/aromatic N) is 4. The number of hydrogen-bond acceptors (Lipinski definition) is 2. The number of hydrogen-bond donors (Lipinski definition) is 1. The smallest absolute Gasteiger partial charge is 0.147 e. The van der Waals surface area contributed by atoms with Gasteiger partial charge in [0, 0.05) is 55.5 Å². The van der Waals surface area contributed by atoms with E-state index in [1.165, 1.54) is 32.7 Å². The number of aromatic amines is 1. The van der Waals surface area contributed by atoms with Crippen molar-refractivity contribution in [3.05, 3.63) is 193 Å². The summed E-state index contributed by atoms with van der Waals surface area (Å²) in [6, 6.07) is 62.9. The van der Waals surface area contributed by atoms with Gasteiger partial charge in [-0.05, 0) is 77.4 Å². The lowest BCUT2D eigenvalue weighted by Gasteiger charge is -2.27. The summed E-state index contributed by atoms with van der Waals surface area (Å²) in [4.78, 5) is 14.3. The molecule has 0 aliphatic heterocycles. The van der Waals surface area contributed by atoms with E-state index in [1.54, 1.807) is 0 Å². The van der Waals surface area contributed by atoms with Gasteiger partial charge in [0.15, 0.2) is 0 Å². The van der Waals surface area contributed by atoms with Gasteiger partial charge in [0.05, 0.1) is 27.6 Å². The van der Waals surface area contributed by atoms with Crippen molar-refractivity contribution in [2.24, 2.45) is 0 Å². The van der Waals surface area contributed by atoms with Gasteiger partial charge in [0.25, 0.3) is 0 Å². The Morgan fingerprint density at radius 3 is 2.04 bits per heavy atom. The average Bonchev–Trinajstić information content (AvgIpc) is 3.94. The van der Waals surface area contributed by atoms with E-state index >= 15 is 0 Å². The van der Waals surface area contributed by atoms with Crippen LogP contribution in [0.5, 0.6) is 0 Å². The van der Waals surface area contributed by atoms with Crippen LogP contribution in [0.4, 0.5) is 0 Å². The highest BCUT2D eigenvalue weighted by Crippen LogP contribution is 2.43. The molecule has 11 rings (SSSR count). The molecular formula is C51H37N5. The van der Waals surface area contributed by atoms with E-state index in [0.29, 0.717) is 0 Å². The van der Waals surface area contributed by atoms with Crippen molar-refractivity contribution in [2.45, 2.75) is 19.3 Å². The van der Waals surface area contributed by atoms with Crippen molar-refractivity contribution in [1.82, 2.24) is 24.1 Å². The van der Waals surface area contributed by atoms with E-state index in [0.717, 1.165) is 67.1 Å². The Balaban J connectivity index is 1.26. The van der Waals surface area contributed by atoms with Gasteiger partial charge in [-0.3, -0.25) is 9.13 Å². The van der Waals surface area contributed by atoms with Crippen molar-refractivity contribution in [3.8, 4) is 34.0 Å². The second kappa shape index (κ2) is 12.4. The lowest BCUT2D eigenvalue weighted by molar-refractivity contribution is 0.642. The molecule has 0 fully saturated rings. The van der Waals surface area contributed by atoms with Crippen LogP contribution >= 0.6 is 0 Å². The van der Waals surface area contributed by atoms with Crippen LogP contribution < -0.4 is 0 Å². The molecule has 0 radical (unpaired) electrons. The average molecular weight is 720 g/mol. The Kier molecular flexibility index (Phi) is 7.13. The van der Waals surface area contributed by atoms with Crippen molar-refractivity contribution in [3.63, 3.8) is 0 Å². The second-order valence-corrected chi connectivity index (χ2v) is 15.2. The van der Waals surface area contributed by atoms with Gasteiger partial charge in [-0.25, -0.2) is 9.97 Å². The van der Waals surface area contributed by atoms with Crippen LogP contribution in [0.15, 0.2) is 182 Å². The molecule has 5 nitrogen and oxygen atoms in total. The number of para-hydroxylation sites is 4. The molecule has 0 bridgehead atoms. The molecule has 4 aromatic heterocycles. The van der Waals surface area contributed by atoms with Gasteiger partial charge in [-0.15, -0.1) is 0 Å². The molecule has 0 aliphatic carbocycles. The van der Waals surface area contributed by atoms with Gasteiger partial charge in [0.2, 0.25) is 0 Å². The summed E-state index contributed by atoms with van der Waals surface area (Å²) in [5, 5.41) is 4.78. The van der Waals surface area contributed by atoms with Crippen LogP contribution in [0.25, 0.3) is 88.7 Å². The van der Waals surface area contributed by atoms with Crippen molar-refractivity contribution in [1.29, 1.82) is 0 Å². The zero-order chi connectivity index (χ0) is 37.4. The van der Waals surface area contributed by atoms with Crippen molar-refractivity contribution >= 4 is 54.6 Å². The number of fused-ring (bicyclic) bond motifs is 7. The highest BCUT2D eigenvalue weighted by atomic mass is 15.1. The molecule has 11 aromatic rings. The van der Waals surface area contributed by atoms with Gasteiger partial charge >= 0.3 is 0 Å². The van der Waals surface area contributed by atoms with Crippen LogP contribution in [0, 0.1) is 0 Å². The normalized spacial score (nSPS) is 12.1. The third-order valence-electron chi connectivity index (χ3n) is 11.6. The van der Waals surface area contributed by atoms with Crippen LogP contribution in [0.3, 0.4) is 0 Å². The molecular weight excluding hydrogens is 683 g/mol. The Labute approximate surface area is 324 Å². The van der Waals surface area contributed by atoms with Crippen LogP contribution in [-0.2, 0) is 5.41 Å². The topological polar surface area (TPSA) is 51.4 Å². The molecule has 56 heavy (non-hydrogen) atoms. The molecule has 5 heteroatoms. The Bertz CT molecular complexity index is 3260. The molecule has 0 atom stereocenters. The third kappa shape index (κ3) is 4.87. The summed E-state index contributed by atoms with van der Waals surface area (Å²) in [5.41, 5.74) is 12.9. The first-order valence-electron chi connectivity index (χ1n) is 19.2. The fourth-order valence-electron chi connectivity index (χ4n) is 8.73. The largest absolute Gasteiger partial charge is 0.354 e. The lowest BCUT2D eigenvalue weighted by Crippen LogP contribution is -2.19. The van der Waals surface area contributed by atoms with E-state index in [-0.39, 0.29) is 5.41 Å². The number of benzene rings is 7. The van der Waals surface area contributed by atoms with Gasteiger partial charge < -0.3 is 4.98 Å². The first kappa shape index (κ1) is 32.2. The minimum Gasteiger partial charge on any atom is -0.354 e. The van der Waals surface area contributed by atoms with Crippen LogP contribution in [0.2, 0.25) is 0 Å². The number of imidazole rings is 1. The highest BCUT2D eigenvalue weighted by Gasteiger charge is 2.28. The van der Waals surface area contributed by atoms with E-state index in [9.17, 15) is 0 Å². The highest BCUT2D eigenvalue weighted by molar-refractivity contribution is 6.13. The predicted molar refractivity (Wildman–Crippen MR) is 232 cm³/mol. The summed E-state index contributed by atoms with van der Waals surface area (Å²) in [7, 11) is 0. The first-order valence-corrected chi connectivity index (χ1v) is 19.2. The van der Waals surface area contributed by atoms with E-state index in [2.05, 4.69) is 198 Å². The summed E-state index contributed by atoms with van der Waals surface area (Å²) in [6.45, 7) is 4.65. The summed E-state index contributed by atoms with van der Waals surface area (Å²) >= 11 is 0. The quantitative estimate of drug-likeness (QED) is 0.186. The molecule has 0 saturated heterocycles. The molecule has 1 N–H and O–H groups in total. The Hall–Kier alpha value is -7.24. The molecule has 0 saturated carbocycles. The monoisotopic (exact) mass is 719 g/mol. The van der Waals surface area contributed by atoms with Crippen LogP contribution in [0.1, 0.15) is 25.0 Å². The molecule has 4 heterocycles. The molecule has 0 spiro atoms. The van der Waals surface area contributed by atoms with Crippen molar-refractivity contribution in [2.75, 3.05) is 0 Å². The zero-order valence-electron chi connectivity index (χ0n) is 31.1. The van der Waals surface area contributed by atoms with E-state index < -0.39 is 0 Å². The maximum Gasteiger partial charge on any atom is 0.147 e. The Morgan fingerprint density at radius 1 is 0.500 bits per heavy atom. The maximum absolute atomic E-state index is 5.68. The van der Waals surface area contributed by atoms with Crippen LogP contribution in [-0.4, -0.2) is 24.1 Å². The van der Waals surface area contributed by atoms with E-state index in [1.807, 2.05) is 12.3 Å². The van der Waals surface area contributed by atoms with Gasteiger partial charge in [0.1, 0.15) is 11.6 Å². The lowest BCUT2D eigenvalue weighted by atomic mass is 9.77. The molecule has 266 valence electrons. The first-order chi connectivity index (χ1) is 27.5. The standard InChI is InChI=1S/C51H37N5/c1-51(2,34-16-5-3-6-17-34)35-31-42(33-27-28-39-38-21-10-12-25-44(38)56(45(39)30-33)47-26-13-14-29-52-47)49-46(32-35)55(36-18-7-4-8-19-36)50(54-49)41-23-15-22-40-37-20-9-11-24-43(37)53-48(40)41/h3-32,53H,1-2H3. The minimum atomic E-state index is -0.305. The summed E-state index contributed by atoms with van der Waals surface area (Å²) < 4.78 is 4.64.